The Hall–Kier alpha value is -1.04. The first kappa shape index (κ1) is 11.0. The lowest BCUT2D eigenvalue weighted by molar-refractivity contribution is 0.0116. The van der Waals surface area contributed by atoms with Gasteiger partial charge in [-0.2, -0.15) is 5.10 Å². The van der Waals surface area contributed by atoms with Crippen molar-refractivity contribution < 1.29 is 8.78 Å². The average Bonchev–Trinajstić information content (AvgIpc) is 1.84. The van der Waals surface area contributed by atoms with Crippen LogP contribution in [0, 0.1) is 5.41 Å². The van der Waals surface area contributed by atoms with Crippen molar-refractivity contribution in [3.8, 4) is 0 Å². The number of halogens is 2. The minimum atomic E-state index is -2.87. The largest absolute Gasteiger partial charge is 0.323 e. The fraction of sp³-hybridized carbons (Fsp3) is 0.667. The minimum absolute atomic E-state index is 0.195. The summed E-state index contributed by atoms with van der Waals surface area (Å²) in [5.74, 6) is 1.85. The summed E-state index contributed by atoms with van der Waals surface area (Å²) < 4.78 is 24.6. The zero-order chi connectivity index (χ0) is 9.78. The zero-order valence-corrected chi connectivity index (χ0v) is 6.72. The van der Waals surface area contributed by atoms with Gasteiger partial charge < -0.3 is 17.0 Å². The highest BCUT2D eigenvalue weighted by molar-refractivity contribution is 6.31. The van der Waals surface area contributed by atoms with Crippen LogP contribution in [0.1, 0.15) is 13.3 Å². The Balaban J connectivity index is 4.04. The third kappa shape index (κ3) is 4.73. The van der Waals surface area contributed by atoms with Crippen molar-refractivity contribution >= 4 is 11.9 Å². The van der Waals surface area contributed by atoms with Crippen molar-refractivity contribution in [2.75, 3.05) is 0 Å². The lowest BCUT2D eigenvalue weighted by atomic mass is 10.1. The molecule has 0 aromatic carbocycles. The maximum absolute atomic E-state index is 12.3. The molecule has 0 aliphatic heterocycles. The SMILES string of the molecule is CC(F)(F)CC(N)C(=N)/C=N\N. The van der Waals surface area contributed by atoms with Crippen LogP contribution in [-0.2, 0) is 0 Å². The maximum atomic E-state index is 12.3. The molecule has 0 aromatic rings. The predicted molar refractivity (Wildman–Crippen MR) is 43.6 cm³/mol. The van der Waals surface area contributed by atoms with Crippen LogP contribution in [0.5, 0.6) is 0 Å². The van der Waals surface area contributed by atoms with Crippen molar-refractivity contribution in [2.45, 2.75) is 25.3 Å². The third-order valence-electron chi connectivity index (χ3n) is 1.19. The molecule has 0 rings (SSSR count). The minimum Gasteiger partial charge on any atom is -0.323 e. The van der Waals surface area contributed by atoms with E-state index in [1.807, 2.05) is 0 Å². The second kappa shape index (κ2) is 4.10. The number of nitrogens with zero attached hydrogens (tertiary/aromatic N) is 1. The van der Waals surface area contributed by atoms with Gasteiger partial charge in [-0.15, -0.1) is 0 Å². The summed E-state index contributed by atoms with van der Waals surface area (Å²) >= 11 is 0. The van der Waals surface area contributed by atoms with E-state index < -0.39 is 18.4 Å². The maximum Gasteiger partial charge on any atom is 0.247 e. The topological polar surface area (TPSA) is 88.2 Å². The van der Waals surface area contributed by atoms with Crippen molar-refractivity contribution in [3.63, 3.8) is 0 Å². The van der Waals surface area contributed by atoms with Gasteiger partial charge >= 0.3 is 0 Å². The standard InChI is InChI=1S/C6H12F2N4/c1-6(7,8)2-4(9)5(10)3-12-11/h3-4,10H,2,9,11H2,1H3/b10-5?,12-3-. The van der Waals surface area contributed by atoms with Gasteiger partial charge in [-0.3, -0.25) is 0 Å². The van der Waals surface area contributed by atoms with Gasteiger partial charge in [0, 0.05) is 6.42 Å². The van der Waals surface area contributed by atoms with E-state index >= 15 is 0 Å². The first-order valence-electron chi connectivity index (χ1n) is 3.32. The van der Waals surface area contributed by atoms with Gasteiger partial charge in [0.25, 0.3) is 0 Å². The quantitative estimate of drug-likeness (QED) is 0.329. The Kier molecular flexibility index (Phi) is 3.75. The highest BCUT2D eigenvalue weighted by Gasteiger charge is 2.26. The number of rotatable bonds is 4. The van der Waals surface area contributed by atoms with E-state index in [2.05, 4.69) is 5.10 Å². The molecule has 0 aromatic heterocycles. The fourth-order valence-electron chi connectivity index (χ4n) is 0.672. The Morgan fingerprint density at radius 3 is 2.58 bits per heavy atom. The van der Waals surface area contributed by atoms with Gasteiger partial charge in [0.15, 0.2) is 0 Å². The molecule has 4 nitrogen and oxygen atoms in total. The summed E-state index contributed by atoms with van der Waals surface area (Å²) in [7, 11) is 0. The van der Waals surface area contributed by atoms with Crippen LogP contribution in [0.4, 0.5) is 8.78 Å². The number of hydrogen-bond donors (Lipinski definition) is 3. The molecule has 12 heavy (non-hydrogen) atoms. The van der Waals surface area contributed by atoms with Gasteiger partial charge in [0.05, 0.1) is 18.0 Å². The average molecular weight is 178 g/mol. The number of nitrogens with one attached hydrogen (secondary N) is 1. The van der Waals surface area contributed by atoms with Crippen molar-refractivity contribution in [1.82, 2.24) is 0 Å². The van der Waals surface area contributed by atoms with Gasteiger partial charge in [-0.25, -0.2) is 8.78 Å². The van der Waals surface area contributed by atoms with Crippen molar-refractivity contribution in [1.29, 1.82) is 5.41 Å². The normalized spacial score (nSPS) is 15.0. The predicted octanol–water partition coefficient (Wildman–Crippen LogP) is 0.323. The fourth-order valence-corrected chi connectivity index (χ4v) is 0.672. The Bertz CT molecular complexity index is 184. The van der Waals surface area contributed by atoms with Crippen LogP contribution >= 0.6 is 0 Å². The molecule has 0 spiro atoms. The number of nitrogens with two attached hydrogens (primary N) is 2. The Labute approximate surface area is 69.1 Å². The van der Waals surface area contributed by atoms with E-state index in [1.54, 1.807) is 0 Å². The summed E-state index contributed by atoms with van der Waals surface area (Å²) in [4.78, 5) is 0. The molecule has 0 aliphatic carbocycles. The lowest BCUT2D eigenvalue weighted by Gasteiger charge is -2.15. The number of hydrazone groups is 1. The van der Waals surface area contributed by atoms with Crippen molar-refractivity contribution in [3.05, 3.63) is 0 Å². The van der Waals surface area contributed by atoms with Crippen LogP contribution in [-0.4, -0.2) is 23.9 Å². The molecule has 5 N–H and O–H groups in total. The highest BCUT2D eigenvalue weighted by atomic mass is 19.3. The second-order valence-electron chi connectivity index (χ2n) is 2.61. The first-order chi connectivity index (χ1) is 5.37. The number of alkyl halides is 2. The summed E-state index contributed by atoms with van der Waals surface area (Å²) in [6.45, 7) is 0.750. The van der Waals surface area contributed by atoms with E-state index in [1.165, 1.54) is 0 Å². The number of hydrogen-bond acceptors (Lipinski definition) is 4. The van der Waals surface area contributed by atoms with Gasteiger partial charge in [-0.1, -0.05) is 0 Å². The monoisotopic (exact) mass is 178 g/mol. The van der Waals surface area contributed by atoms with Crippen molar-refractivity contribution in [2.24, 2.45) is 16.7 Å². The molecule has 70 valence electrons. The molecule has 0 aliphatic rings. The van der Waals surface area contributed by atoms with Crippen LogP contribution in [0.3, 0.4) is 0 Å². The molecule has 0 fully saturated rings. The summed E-state index contributed by atoms with van der Waals surface area (Å²) in [6.07, 6.45) is 0.383. The molecule has 0 amide bonds. The summed E-state index contributed by atoms with van der Waals surface area (Å²) in [5, 5.41) is 10.1. The van der Waals surface area contributed by atoms with Crippen LogP contribution in [0.15, 0.2) is 5.10 Å². The molecule has 0 bridgehead atoms. The molecule has 1 atom stereocenters. The van der Waals surface area contributed by atoms with Gasteiger partial charge in [0.1, 0.15) is 0 Å². The molecule has 0 saturated carbocycles. The van der Waals surface area contributed by atoms with Crippen LogP contribution in [0.2, 0.25) is 0 Å². The molecular formula is C6H12F2N4. The van der Waals surface area contributed by atoms with E-state index in [-0.39, 0.29) is 5.71 Å². The molecule has 0 saturated heterocycles. The molecule has 1 unspecified atom stereocenters. The van der Waals surface area contributed by atoms with Gasteiger partial charge in [0.2, 0.25) is 5.92 Å². The first-order valence-corrected chi connectivity index (χ1v) is 3.32. The summed E-state index contributed by atoms with van der Waals surface area (Å²) in [5.41, 5.74) is 5.04. The molecular weight excluding hydrogens is 166 g/mol. The Morgan fingerprint density at radius 1 is 1.75 bits per heavy atom. The summed E-state index contributed by atoms with van der Waals surface area (Å²) in [6, 6.07) is -1.02. The Morgan fingerprint density at radius 2 is 2.25 bits per heavy atom. The van der Waals surface area contributed by atoms with Crippen LogP contribution in [0.25, 0.3) is 0 Å². The van der Waals surface area contributed by atoms with E-state index in [4.69, 9.17) is 17.0 Å². The second-order valence-corrected chi connectivity index (χ2v) is 2.61. The highest BCUT2D eigenvalue weighted by Crippen LogP contribution is 2.17. The third-order valence-corrected chi connectivity index (χ3v) is 1.19. The molecule has 6 heteroatoms. The lowest BCUT2D eigenvalue weighted by Crippen LogP contribution is -2.36. The van der Waals surface area contributed by atoms with E-state index in [9.17, 15) is 8.78 Å². The molecule has 0 radical (unpaired) electrons. The molecule has 0 heterocycles. The van der Waals surface area contributed by atoms with Gasteiger partial charge in [-0.05, 0) is 6.92 Å². The smallest absolute Gasteiger partial charge is 0.247 e. The van der Waals surface area contributed by atoms with E-state index in [0.29, 0.717) is 0 Å². The van der Waals surface area contributed by atoms with E-state index in [0.717, 1.165) is 13.1 Å². The van der Waals surface area contributed by atoms with Crippen LogP contribution < -0.4 is 11.6 Å². The zero-order valence-electron chi connectivity index (χ0n) is 6.72.